The molecule has 0 saturated carbocycles. The van der Waals surface area contributed by atoms with Crippen molar-refractivity contribution in [3.8, 4) is 17.1 Å². The van der Waals surface area contributed by atoms with Crippen molar-refractivity contribution in [2.24, 2.45) is 0 Å². The summed E-state index contributed by atoms with van der Waals surface area (Å²) in [4.78, 5) is 16.9. The summed E-state index contributed by atoms with van der Waals surface area (Å²) in [6.45, 7) is 0.290. The number of hydrogen-bond donors (Lipinski definition) is 0. The Morgan fingerprint density at radius 3 is 2.41 bits per heavy atom. The van der Waals surface area contributed by atoms with E-state index in [9.17, 15) is 13.2 Å². The lowest BCUT2D eigenvalue weighted by molar-refractivity contribution is -0.137. The molecule has 0 fully saturated rings. The van der Waals surface area contributed by atoms with Crippen LogP contribution >= 0.6 is 27.7 Å². The topological polar surface area (TPSA) is 91.2 Å². The summed E-state index contributed by atoms with van der Waals surface area (Å²) >= 11 is 4.91. The summed E-state index contributed by atoms with van der Waals surface area (Å²) in [5.74, 6) is 0.876. The average molecular weight is 599 g/mol. The summed E-state index contributed by atoms with van der Waals surface area (Å²) in [6.07, 6.45) is 4.96. The van der Waals surface area contributed by atoms with Crippen molar-refractivity contribution in [3.05, 3.63) is 95.0 Å². The molecule has 0 atom stereocenters. The first-order valence-corrected chi connectivity index (χ1v) is 15.0. The van der Waals surface area contributed by atoms with E-state index in [-0.39, 0.29) is 17.5 Å². The third-order valence-corrected chi connectivity index (χ3v) is 7.76. The number of hydrogen-bond acceptors (Lipinski definition) is 7. The lowest BCUT2D eigenvalue weighted by atomic mass is 10.2. The number of carbonyl (C=O) groups is 1. The Balaban J connectivity index is 1.41. The van der Waals surface area contributed by atoms with Gasteiger partial charge >= 0.3 is 5.97 Å². The molecular formula is C27H24BrN3O4S2. The standard InChI is InChI=1S/C27H24BrN3O4S2/c1-37(33,34)24-15-9-21(10-16-24)26-29-27(30-31(26)23-13-11-22(28)12-14-23)36-19-5-18-35-25(32)17-8-20-6-3-2-4-7-20/h2-4,6-17H,5,18-19H2,1H3/b17-8+. The van der Waals surface area contributed by atoms with Gasteiger partial charge in [0, 0.05) is 28.1 Å². The molecule has 0 spiro atoms. The highest BCUT2D eigenvalue weighted by molar-refractivity contribution is 9.10. The molecule has 10 heteroatoms. The molecule has 190 valence electrons. The van der Waals surface area contributed by atoms with Gasteiger partial charge in [-0.1, -0.05) is 58.0 Å². The van der Waals surface area contributed by atoms with Crippen LogP contribution in [0.15, 0.2) is 99.5 Å². The van der Waals surface area contributed by atoms with E-state index in [2.05, 4.69) is 21.0 Å². The highest BCUT2D eigenvalue weighted by atomic mass is 79.9. The van der Waals surface area contributed by atoms with Crippen LogP contribution in [0.25, 0.3) is 23.2 Å². The van der Waals surface area contributed by atoms with E-state index in [1.165, 1.54) is 24.1 Å². The van der Waals surface area contributed by atoms with Crippen LogP contribution in [0.3, 0.4) is 0 Å². The van der Waals surface area contributed by atoms with Gasteiger partial charge in [0.1, 0.15) is 0 Å². The zero-order valence-electron chi connectivity index (χ0n) is 20.0. The number of benzene rings is 3. The van der Waals surface area contributed by atoms with E-state index in [1.54, 1.807) is 35.0 Å². The maximum Gasteiger partial charge on any atom is 0.330 e. The molecule has 7 nitrogen and oxygen atoms in total. The van der Waals surface area contributed by atoms with Crippen molar-refractivity contribution in [1.82, 2.24) is 14.8 Å². The average Bonchev–Trinajstić information content (AvgIpc) is 3.32. The Hall–Kier alpha value is -3.21. The third kappa shape index (κ3) is 7.64. The quantitative estimate of drug-likeness (QED) is 0.0981. The molecule has 0 aliphatic heterocycles. The van der Waals surface area contributed by atoms with Crippen molar-refractivity contribution >= 4 is 49.6 Å². The van der Waals surface area contributed by atoms with Gasteiger partial charge in [-0.3, -0.25) is 0 Å². The molecule has 0 unspecified atom stereocenters. The Morgan fingerprint density at radius 1 is 1.03 bits per heavy atom. The summed E-state index contributed by atoms with van der Waals surface area (Å²) < 4.78 is 31.6. The van der Waals surface area contributed by atoms with Crippen molar-refractivity contribution in [3.63, 3.8) is 0 Å². The highest BCUT2D eigenvalue weighted by Crippen LogP contribution is 2.27. The van der Waals surface area contributed by atoms with Gasteiger partial charge in [-0.05, 0) is 66.6 Å². The van der Waals surface area contributed by atoms with Gasteiger partial charge in [0.25, 0.3) is 0 Å². The number of sulfone groups is 1. The van der Waals surface area contributed by atoms with E-state index >= 15 is 0 Å². The first-order valence-electron chi connectivity index (χ1n) is 11.4. The normalized spacial score (nSPS) is 11.6. The van der Waals surface area contributed by atoms with Crippen molar-refractivity contribution in [2.75, 3.05) is 18.6 Å². The fourth-order valence-electron chi connectivity index (χ4n) is 3.33. The second kappa shape index (κ2) is 12.4. The number of nitrogens with zero attached hydrogens (tertiary/aromatic N) is 3. The van der Waals surface area contributed by atoms with E-state index < -0.39 is 9.84 Å². The van der Waals surface area contributed by atoms with Gasteiger partial charge in [0.15, 0.2) is 15.7 Å². The molecule has 0 aliphatic rings. The van der Waals surface area contributed by atoms with Crippen molar-refractivity contribution in [2.45, 2.75) is 16.5 Å². The van der Waals surface area contributed by atoms with E-state index in [0.717, 1.165) is 21.3 Å². The van der Waals surface area contributed by atoms with Crippen LogP contribution in [0.4, 0.5) is 0 Å². The molecule has 37 heavy (non-hydrogen) atoms. The molecule has 4 rings (SSSR count). The largest absolute Gasteiger partial charge is 0.462 e. The van der Waals surface area contributed by atoms with Gasteiger partial charge in [-0.2, -0.15) is 0 Å². The Morgan fingerprint density at radius 2 is 1.73 bits per heavy atom. The number of rotatable bonds is 10. The van der Waals surface area contributed by atoms with Crippen LogP contribution in [0.2, 0.25) is 0 Å². The zero-order valence-corrected chi connectivity index (χ0v) is 23.2. The predicted molar refractivity (Wildman–Crippen MR) is 149 cm³/mol. The highest BCUT2D eigenvalue weighted by Gasteiger charge is 2.15. The van der Waals surface area contributed by atoms with Gasteiger partial charge in [-0.25, -0.2) is 22.9 Å². The van der Waals surface area contributed by atoms with Gasteiger partial charge in [-0.15, -0.1) is 5.10 Å². The van der Waals surface area contributed by atoms with Crippen LogP contribution in [0, 0.1) is 0 Å². The minimum absolute atomic E-state index is 0.244. The molecule has 0 bridgehead atoms. The van der Waals surface area contributed by atoms with E-state index in [1.807, 2.05) is 54.6 Å². The lowest BCUT2D eigenvalue weighted by Gasteiger charge is -2.07. The molecule has 0 aliphatic carbocycles. The summed E-state index contributed by atoms with van der Waals surface area (Å²) in [5.41, 5.74) is 2.50. The molecule has 0 saturated heterocycles. The van der Waals surface area contributed by atoms with E-state index in [4.69, 9.17) is 9.72 Å². The van der Waals surface area contributed by atoms with E-state index in [0.29, 0.717) is 23.2 Å². The van der Waals surface area contributed by atoms with Gasteiger partial charge < -0.3 is 4.74 Å². The summed E-state index contributed by atoms with van der Waals surface area (Å²) in [7, 11) is -3.30. The van der Waals surface area contributed by atoms with Crippen LogP contribution in [0.5, 0.6) is 0 Å². The molecule has 0 amide bonds. The maximum absolute atomic E-state index is 11.9. The van der Waals surface area contributed by atoms with Crippen molar-refractivity contribution < 1.29 is 17.9 Å². The van der Waals surface area contributed by atoms with Crippen LogP contribution in [-0.4, -0.2) is 47.8 Å². The maximum atomic E-state index is 11.9. The second-order valence-electron chi connectivity index (χ2n) is 8.02. The fraction of sp³-hybridized carbons (Fsp3) is 0.148. The molecule has 0 radical (unpaired) electrons. The number of carbonyl (C=O) groups excluding carboxylic acids is 1. The Labute approximate surface area is 228 Å². The molecular weight excluding hydrogens is 574 g/mol. The lowest BCUT2D eigenvalue weighted by Crippen LogP contribution is -2.03. The number of esters is 1. The van der Waals surface area contributed by atoms with Crippen LogP contribution in [-0.2, 0) is 19.4 Å². The first-order chi connectivity index (χ1) is 17.8. The molecule has 1 aromatic heterocycles. The minimum Gasteiger partial charge on any atom is -0.462 e. The molecule has 3 aromatic carbocycles. The molecule has 4 aromatic rings. The third-order valence-electron chi connectivity index (χ3n) is 5.18. The van der Waals surface area contributed by atoms with Gasteiger partial charge in [0.2, 0.25) is 5.16 Å². The number of ether oxygens (including phenoxy) is 1. The summed E-state index contributed by atoms with van der Waals surface area (Å²) in [5, 5.41) is 5.24. The Kier molecular flexibility index (Phi) is 8.96. The minimum atomic E-state index is -3.30. The molecule has 1 heterocycles. The van der Waals surface area contributed by atoms with Crippen molar-refractivity contribution in [1.29, 1.82) is 0 Å². The van der Waals surface area contributed by atoms with Crippen LogP contribution < -0.4 is 0 Å². The number of halogens is 1. The smallest absolute Gasteiger partial charge is 0.330 e. The number of aromatic nitrogens is 3. The van der Waals surface area contributed by atoms with Gasteiger partial charge in [0.05, 0.1) is 17.2 Å². The predicted octanol–water partition coefficient (Wildman–Crippen LogP) is 5.84. The second-order valence-corrected chi connectivity index (χ2v) is 12.0. The monoisotopic (exact) mass is 597 g/mol. The number of thioether (sulfide) groups is 1. The Bertz CT molecular complexity index is 1490. The summed E-state index contributed by atoms with van der Waals surface area (Å²) in [6, 6.07) is 23.8. The molecule has 0 N–H and O–H groups in total. The fourth-order valence-corrected chi connectivity index (χ4v) is 4.96. The van der Waals surface area contributed by atoms with Crippen LogP contribution in [0.1, 0.15) is 12.0 Å². The zero-order chi connectivity index (χ0) is 26.3. The SMILES string of the molecule is CS(=O)(=O)c1ccc(-c2nc(SCCCOC(=O)/C=C/c3ccccc3)nn2-c2ccc(Br)cc2)cc1. The first kappa shape index (κ1) is 26.8.